The first-order chi connectivity index (χ1) is 31.6. The minimum Gasteiger partial charge on any atom is -0.344 e. The monoisotopic (exact) mass is 815 g/mol. The van der Waals surface area contributed by atoms with Gasteiger partial charge in [-0.2, -0.15) is 0 Å². The summed E-state index contributed by atoms with van der Waals surface area (Å²) < 4.78 is 2.59. The van der Waals surface area contributed by atoms with Gasteiger partial charge in [-0.3, -0.25) is 0 Å². The van der Waals surface area contributed by atoms with Crippen LogP contribution in [0, 0.1) is 5.92 Å². The lowest BCUT2D eigenvalue weighted by Gasteiger charge is -2.50. The largest absolute Gasteiger partial charge is 0.344 e. The Balaban J connectivity index is 1.15. The van der Waals surface area contributed by atoms with Crippen LogP contribution in [0.4, 0.5) is 11.4 Å². The van der Waals surface area contributed by atoms with Crippen molar-refractivity contribution in [1.29, 1.82) is 0 Å². The molecule has 0 fully saturated rings. The van der Waals surface area contributed by atoms with Gasteiger partial charge >= 0.3 is 0 Å². The van der Waals surface area contributed by atoms with E-state index >= 15 is 0 Å². The molecule has 0 bridgehead atoms. The molecule has 6 heterocycles. The van der Waals surface area contributed by atoms with Gasteiger partial charge in [-0.25, -0.2) is 0 Å². The first kappa shape index (κ1) is 33.9. The third kappa shape index (κ3) is 4.19. The molecule has 2 aromatic heterocycles. The Hall–Kier alpha value is -7.62. The molecule has 11 aromatic rings. The van der Waals surface area contributed by atoms with Gasteiger partial charge in [-0.15, -0.1) is 0 Å². The highest BCUT2D eigenvalue weighted by atomic mass is 15.2. The number of rotatable bonds is 0. The van der Waals surface area contributed by atoms with Crippen LogP contribution in [0.5, 0.6) is 0 Å². The Bertz CT molecular complexity index is 4240. The summed E-state index contributed by atoms with van der Waals surface area (Å²) in [4.78, 5) is 5.49. The van der Waals surface area contributed by atoms with Crippen molar-refractivity contribution in [3.8, 4) is 11.1 Å². The van der Waals surface area contributed by atoms with Crippen molar-refractivity contribution in [1.82, 2.24) is 4.40 Å². The second kappa shape index (κ2) is 11.7. The standard InChI is InChI=1S/C61H41N3/c1-61-34-46-28-40-16-7-6-15-39(40)27-45(46)33-51(61)54-19-10-22-64(54)60-56-49-31-43-25-37-13-4-2-11-35(37)23-41(43)29-47(49)52-17-8-20-62(52)58(56)55-50-32-44-26-38-14-5-3-12-36(38)24-42(44)30-48(50)53-18-9-21-63(53)59(55)57(60)61/h2-7,9,11-19,21,23-34,51H,8,10,20,22H2,1H3. The fraction of sp³-hybridized carbons (Fsp3) is 0.115. The molecule has 4 aliphatic heterocycles. The predicted molar refractivity (Wildman–Crippen MR) is 271 cm³/mol. The maximum absolute atomic E-state index is 2.77. The fourth-order valence-electron chi connectivity index (χ4n) is 13.2. The van der Waals surface area contributed by atoms with Crippen molar-refractivity contribution in [2.24, 2.45) is 5.92 Å². The molecule has 2 unspecified atom stereocenters. The average Bonchev–Trinajstić information content (AvgIpc) is 4.13. The smallest absolute Gasteiger partial charge is 0.0617 e. The van der Waals surface area contributed by atoms with Gasteiger partial charge in [0.15, 0.2) is 0 Å². The summed E-state index contributed by atoms with van der Waals surface area (Å²) in [5.41, 5.74) is 13.4. The van der Waals surface area contributed by atoms with E-state index in [0.29, 0.717) is 0 Å². The maximum atomic E-state index is 2.77. The van der Waals surface area contributed by atoms with Crippen molar-refractivity contribution in [3.63, 3.8) is 0 Å². The number of benzene rings is 9. The number of hydrogen-bond acceptors (Lipinski definition) is 2. The van der Waals surface area contributed by atoms with Crippen LogP contribution in [-0.4, -0.2) is 17.5 Å². The molecule has 3 heteroatoms. The highest BCUT2D eigenvalue weighted by Gasteiger charge is 2.50. The Labute approximate surface area is 369 Å². The maximum Gasteiger partial charge on any atom is 0.0617 e. The molecule has 9 aromatic carbocycles. The third-order valence-corrected chi connectivity index (χ3v) is 16.0. The van der Waals surface area contributed by atoms with Crippen LogP contribution in [0.25, 0.3) is 110 Å². The van der Waals surface area contributed by atoms with Gasteiger partial charge in [-0.1, -0.05) is 104 Å². The third-order valence-electron chi connectivity index (χ3n) is 16.0. The fourth-order valence-corrected chi connectivity index (χ4v) is 13.2. The SMILES string of the molecule is CC12C=c3cc4ccccc4cc3=CC1C1=CCCN1c1c3c(c4c5cc6cc7ccccc7cc6cc5c5cccn5c4c12)N1CCC=C1c1cc2cc4ccccc4cc2cc1-3. The van der Waals surface area contributed by atoms with Crippen LogP contribution >= 0.6 is 0 Å². The van der Waals surface area contributed by atoms with Crippen molar-refractivity contribution in [2.45, 2.75) is 25.2 Å². The van der Waals surface area contributed by atoms with E-state index in [-0.39, 0.29) is 11.3 Å². The molecule has 5 aliphatic rings. The van der Waals surface area contributed by atoms with E-state index in [0.717, 1.165) is 25.9 Å². The summed E-state index contributed by atoms with van der Waals surface area (Å²) >= 11 is 0. The van der Waals surface area contributed by atoms with Crippen molar-refractivity contribution >= 4 is 110 Å². The van der Waals surface area contributed by atoms with Gasteiger partial charge in [0.2, 0.25) is 0 Å². The molecule has 0 spiro atoms. The number of hydrogen-bond donors (Lipinski definition) is 0. The summed E-state index contributed by atoms with van der Waals surface area (Å²) in [5, 5.41) is 19.6. The minimum absolute atomic E-state index is 0.176. The highest BCUT2D eigenvalue weighted by molar-refractivity contribution is 6.28. The molecule has 16 rings (SSSR count). The van der Waals surface area contributed by atoms with Crippen LogP contribution in [0.1, 0.15) is 30.9 Å². The lowest BCUT2D eigenvalue weighted by atomic mass is 9.63. The van der Waals surface area contributed by atoms with E-state index in [2.05, 4.69) is 197 Å². The molecule has 1 aliphatic carbocycles. The number of pyridine rings is 1. The van der Waals surface area contributed by atoms with Crippen molar-refractivity contribution < 1.29 is 0 Å². The zero-order valence-corrected chi connectivity index (χ0v) is 35.5. The topological polar surface area (TPSA) is 10.9 Å². The molecular formula is C61H41N3. The zero-order valence-electron chi connectivity index (χ0n) is 35.5. The predicted octanol–water partition coefficient (Wildman–Crippen LogP) is 13.5. The van der Waals surface area contributed by atoms with Gasteiger partial charge in [0.25, 0.3) is 0 Å². The summed E-state index contributed by atoms with van der Waals surface area (Å²) in [6.45, 7) is 4.50. The lowest BCUT2D eigenvalue weighted by Crippen LogP contribution is -2.48. The second-order valence-corrected chi connectivity index (χ2v) is 19.3. The first-order valence-electron chi connectivity index (χ1n) is 23.1. The van der Waals surface area contributed by atoms with E-state index in [1.54, 1.807) is 0 Å². The van der Waals surface area contributed by atoms with Crippen LogP contribution < -0.4 is 20.2 Å². The molecule has 0 amide bonds. The molecular weight excluding hydrogens is 775 g/mol. The molecule has 0 radical (unpaired) electrons. The summed E-state index contributed by atoms with van der Waals surface area (Å²) in [7, 11) is 0. The summed E-state index contributed by atoms with van der Waals surface area (Å²) in [6, 6.07) is 55.8. The van der Waals surface area contributed by atoms with Crippen LogP contribution in [-0.2, 0) is 5.41 Å². The molecule has 0 saturated carbocycles. The molecule has 64 heavy (non-hydrogen) atoms. The molecule has 2 atom stereocenters. The normalized spacial score (nSPS) is 19.4. The Kier molecular flexibility index (Phi) is 6.20. The van der Waals surface area contributed by atoms with E-state index in [9.17, 15) is 0 Å². The number of fused-ring (bicyclic) bond motifs is 27. The number of allylic oxidation sites excluding steroid dienone is 1. The van der Waals surface area contributed by atoms with Gasteiger partial charge in [0.1, 0.15) is 0 Å². The van der Waals surface area contributed by atoms with Gasteiger partial charge in [0, 0.05) is 69.5 Å². The van der Waals surface area contributed by atoms with E-state index < -0.39 is 0 Å². The minimum atomic E-state index is -0.350. The quantitative estimate of drug-likeness (QED) is 0.112. The average molecular weight is 816 g/mol. The summed E-state index contributed by atoms with van der Waals surface area (Å²) in [5.74, 6) is 0.176. The zero-order chi connectivity index (χ0) is 41.6. The van der Waals surface area contributed by atoms with E-state index in [1.807, 2.05) is 0 Å². The molecule has 0 saturated heterocycles. The number of nitrogens with zero attached hydrogens (tertiary/aromatic N) is 3. The molecule has 300 valence electrons. The summed E-state index contributed by atoms with van der Waals surface area (Å²) in [6.07, 6.45) is 14.8. The van der Waals surface area contributed by atoms with Gasteiger partial charge in [0.05, 0.1) is 22.4 Å². The molecule has 3 nitrogen and oxygen atoms in total. The number of anilines is 2. The van der Waals surface area contributed by atoms with Crippen LogP contribution in [0.15, 0.2) is 170 Å². The van der Waals surface area contributed by atoms with Gasteiger partial charge in [-0.05, 0) is 161 Å². The van der Waals surface area contributed by atoms with E-state index in [1.165, 1.54) is 137 Å². The Morgan fingerprint density at radius 2 is 1.09 bits per heavy atom. The lowest BCUT2D eigenvalue weighted by molar-refractivity contribution is 0.504. The highest BCUT2D eigenvalue weighted by Crippen LogP contribution is 2.64. The van der Waals surface area contributed by atoms with Crippen molar-refractivity contribution in [2.75, 3.05) is 22.9 Å². The molecule has 0 N–H and O–H groups in total. The second-order valence-electron chi connectivity index (χ2n) is 19.3. The Morgan fingerprint density at radius 1 is 0.516 bits per heavy atom. The number of aromatic nitrogens is 1. The first-order valence-corrected chi connectivity index (χ1v) is 23.1. The van der Waals surface area contributed by atoms with E-state index in [4.69, 9.17) is 0 Å². The Morgan fingerprint density at radius 3 is 1.78 bits per heavy atom. The van der Waals surface area contributed by atoms with Crippen LogP contribution in [0.2, 0.25) is 0 Å². The van der Waals surface area contributed by atoms with Gasteiger partial charge < -0.3 is 14.2 Å². The van der Waals surface area contributed by atoms with Crippen LogP contribution in [0.3, 0.4) is 0 Å². The van der Waals surface area contributed by atoms with Crippen molar-refractivity contribution in [3.05, 3.63) is 191 Å².